The highest BCUT2D eigenvalue weighted by Crippen LogP contribution is 2.30. The first-order valence-corrected chi connectivity index (χ1v) is 11.8. The quantitative estimate of drug-likeness (QED) is 0.376. The molecule has 0 fully saturated rings. The van der Waals surface area contributed by atoms with Crippen LogP contribution in [0.2, 0.25) is 5.02 Å². The van der Waals surface area contributed by atoms with Gasteiger partial charge in [0.25, 0.3) is 5.56 Å². The van der Waals surface area contributed by atoms with E-state index in [1.54, 1.807) is 18.7 Å². The maximum absolute atomic E-state index is 12.8. The van der Waals surface area contributed by atoms with Crippen molar-refractivity contribution in [3.63, 3.8) is 0 Å². The second kappa shape index (κ2) is 9.08. The highest BCUT2D eigenvalue weighted by atomic mass is 35.5. The fraction of sp³-hybridized carbons (Fsp3) is 0.174. The van der Waals surface area contributed by atoms with Crippen molar-refractivity contribution >= 4 is 40.2 Å². The number of para-hydroxylation sites is 1. The summed E-state index contributed by atoms with van der Waals surface area (Å²) in [7, 11) is 4.80. The molecule has 0 saturated heterocycles. The number of fused-ring (bicyclic) bond motifs is 1. The zero-order chi connectivity index (χ0) is 24.7. The van der Waals surface area contributed by atoms with Gasteiger partial charge < -0.3 is 9.88 Å². The molecule has 35 heavy (non-hydrogen) atoms. The lowest BCUT2D eigenvalue weighted by Gasteiger charge is -2.11. The van der Waals surface area contributed by atoms with Crippen LogP contribution in [0, 0.1) is 0 Å². The van der Waals surface area contributed by atoms with E-state index in [1.165, 1.54) is 23.4 Å². The molecule has 10 nitrogen and oxygen atoms in total. The van der Waals surface area contributed by atoms with Gasteiger partial charge in [-0.25, -0.2) is 9.78 Å². The van der Waals surface area contributed by atoms with E-state index < -0.39 is 11.2 Å². The minimum atomic E-state index is -0.430. The number of aryl methyl sites for hydroxylation is 2. The molecule has 0 saturated carbocycles. The van der Waals surface area contributed by atoms with Gasteiger partial charge in [-0.1, -0.05) is 29.8 Å². The van der Waals surface area contributed by atoms with Crippen molar-refractivity contribution in [2.45, 2.75) is 16.9 Å². The van der Waals surface area contributed by atoms with E-state index in [-0.39, 0.29) is 0 Å². The van der Waals surface area contributed by atoms with Crippen molar-refractivity contribution in [3.05, 3.63) is 86.3 Å². The topological polar surface area (TPSA) is 105 Å². The molecule has 5 rings (SSSR count). The zero-order valence-corrected chi connectivity index (χ0v) is 20.7. The number of hydrogen-bond donors (Lipinski definition) is 1. The lowest BCUT2D eigenvalue weighted by atomic mass is 10.3. The number of halogens is 1. The Morgan fingerprint density at radius 3 is 2.31 bits per heavy atom. The number of imidazole rings is 1. The fourth-order valence-corrected chi connectivity index (χ4v) is 4.77. The Kier molecular flexibility index (Phi) is 5.95. The molecule has 0 bridgehead atoms. The number of rotatable bonds is 6. The number of hydrogen-bond acceptors (Lipinski definition) is 7. The zero-order valence-electron chi connectivity index (χ0n) is 19.1. The summed E-state index contributed by atoms with van der Waals surface area (Å²) >= 11 is 7.26. The number of benzene rings is 2. The second-order valence-corrected chi connectivity index (χ2v) is 9.23. The largest absolute Gasteiger partial charge is 0.378 e. The Labute approximate surface area is 208 Å². The van der Waals surface area contributed by atoms with Gasteiger partial charge in [0.15, 0.2) is 22.1 Å². The van der Waals surface area contributed by atoms with Gasteiger partial charge in [-0.2, -0.15) is 0 Å². The Morgan fingerprint density at radius 1 is 0.886 bits per heavy atom. The molecule has 0 radical (unpaired) electrons. The molecule has 0 aliphatic carbocycles. The number of anilines is 1. The molecule has 178 valence electrons. The number of nitrogens with zero attached hydrogens (tertiary/aromatic N) is 7. The SMILES string of the molecule is Cn1c(=O)c2c(nc(Sc3nnc(CNc4ccc(Cl)cc4)n3-c3ccccc3)n2C)n(C)c1=O. The van der Waals surface area contributed by atoms with Gasteiger partial charge in [0.2, 0.25) is 5.16 Å². The predicted octanol–water partition coefficient (Wildman–Crippen LogP) is 2.97. The van der Waals surface area contributed by atoms with E-state index in [0.717, 1.165) is 15.9 Å². The molecule has 0 aliphatic rings. The standard InChI is InChI=1S/C23H21ClN8O2S/c1-29-18-19(30(2)23(34)31(3)20(18)33)26-21(29)35-22-28-27-17(32(22)16-7-5-4-6-8-16)13-25-15-11-9-14(24)10-12-15/h4-12,25H,13H2,1-3H3. The Morgan fingerprint density at radius 2 is 1.60 bits per heavy atom. The van der Waals surface area contributed by atoms with Crippen molar-refractivity contribution < 1.29 is 0 Å². The molecular formula is C23H21ClN8O2S. The van der Waals surface area contributed by atoms with Gasteiger partial charge in [-0.3, -0.25) is 18.5 Å². The van der Waals surface area contributed by atoms with Crippen LogP contribution in [0.15, 0.2) is 74.5 Å². The Hall–Kier alpha value is -3.83. The summed E-state index contributed by atoms with van der Waals surface area (Å²) in [6.07, 6.45) is 0. The Balaban J connectivity index is 1.56. The van der Waals surface area contributed by atoms with Crippen molar-refractivity contribution in [1.82, 2.24) is 33.4 Å². The second-order valence-electron chi connectivity index (χ2n) is 7.86. The van der Waals surface area contributed by atoms with Crippen molar-refractivity contribution in [2.24, 2.45) is 21.1 Å². The molecule has 0 unspecified atom stereocenters. The minimum absolute atomic E-state index is 0.318. The van der Waals surface area contributed by atoms with Crippen LogP contribution < -0.4 is 16.6 Å². The molecule has 12 heteroatoms. The molecule has 0 amide bonds. The Bertz CT molecular complexity index is 1650. The molecule has 3 heterocycles. The molecule has 3 aromatic heterocycles. The first-order chi connectivity index (χ1) is 16.8. The van der Waals surface area contributed by atoms with Crippen LogP contribution in [-0.4, -0.2) is 33.4 Å². The van der Waals surface area contributed by atoms with Crippen LogP contribution in [-0.2, 0) is 27.7 Å². The summed E-state index contributed by atoms with van der Waals surface area (Å²) in [5.41, 5.74) is 1.61. The van der Waals surface area contributed by atoms with Gasteiger partial charge in [0.05, 0.1) is 6.54 Å². The third-order valence-electron chi connectivity index (χ3n) is 5.63. The van der Waals surface area contributed by atoms with Gasteiger partial charge >= 0.3 is 5.69 Å². The fourth-order valence-electron chi connectivity index (χ4n) is 3.74. The third-order valence-corrected chi connectivity index (χ3v) is 6.87. The molecule has 5 aromatic rings. The first-order valence-electron chi connectivity index (χ1n) is 10.6. The van der Waals surface area contributed by atoms with E-state index in [4.69, 9.17) is 11.6 Å². The summed E-state index contributed by atoms with van der Waals surface area (Å²) in [4.78, 5) is 29.7. The number of nitrogens with one attached hydrogen (secondary N) is 1. The number of aromatic nitrogens is 7. The average molecular weight is 509 g/mol. The van der Waals surface area contributed by atoms with Crippen LogP contribution >= 0.6 is 23.4 Å². The molecule has 1 N–H and O–H groups in total. The van der Waals surface area contributed by atoms with Crippen LogP contribution in [0.4, 0.5) is 5.69 Å². The lowest BCUT2D eigenvalue weighted by Crippen LogP contribution is -2.37. The van der Waals surface area contributed by atoms with Gasteiger partial charge in [-0.15, -0.1) is 10.2 Å². The van der Waals surface area contributed by atoms with Crippen LogP contribution in [0.3, 0.4) is 0 Å². The van der Waals surface area contributed by atoms with Gasteiger partial charge in [0, 0.05) is 37.5 Å². The van der Waals surface area contributed by atoms with Gasteiger partial charge in [-0.05, 0) is 48.2 Å². The molecule has 0 spiro atoms. The maximum Gasteiger partial charge on any atom is 0.332 e. The van der Waals surface area contributed by atoms with Crippen molar-refractivity contribution in [2.75, 3.05) is 5.32 Å². The van der Waals surface area contributed by atoms with Crippen molar-refractivity contribution in [3.8, 4) is 5.69 Å². The van der Waals surface area contributed by atoms with Gasteiger partial charge in [0.1, 0.15) is 0 Å². The monoisotopic (exact) mass is 508 g/mol. The predicted molar refractivity (Wildman–Crippen MR) is 135 cm³/mol. The van der Waals surface area contributed by atoms with E-state index >= 15 is 0 Å². The van der Waals surface area contributed by atoms with Crippen molar-refractivity contribution in [1.29, 1.82) is 0 Å². The molecule has 0 atom stereocenters. The van der Waals surface area contributed by atoms with E-state index in [2.05, 4.69) is 20.5 Å². The average Bonchev–Trinajstić information content (AvgIpc) is 3.42. The van der Waals surface area contributed by atoms with Crippen LogP contribution in [0.1, 0.15) is 5.82 Å². The van der Waals surface area contributed by atoms with E-state index in [9.17, 15) is 9.59 Å². The summed E-state index contributed by atoms with van der Waals surface area (Å²) < 4.78 is 6.05. The highest BCUT2D eigenvalue weighted by molar-refractivity contribution is 7.99. The summed E-state index contributed by atoms with van der Waals surface area (Å²) in [5.74, 6) is 0.690. The summed E-state index contributed by atoms with van der Waals surface area (Å²) in [5, 5.41) is 13.9. The molecule has 2 aromatic carbocycles. The first kappa shape index (κ1) is 22.9. The lowest BCUT2D eigenvalue weighted by molar-refractivity contribution is 0.705. The third kappa shape index (κ3) is 4.13. The highest BCUT2D eigenvalue weighted by Gasteiger charge is 2.21. The van der Waals surface area contributed by atoms with Crippen LogP contribution in [0.5, 0.6) is 0 Å². The van der Waals surface area contributed by atoms with E-state index in [1.807, 2.05) is 59.2 Å². The maximum atomic E-state index is 12.8. The summed E-state index contributed by atoms with van der Waals surface area (Å²) in [6.45, 7) is 0.418. The summed E-state index contributed by atoms with van der Waals surface area (Å²) in [6, 6.07) is 17.2. The van der Waals surface area contributed by atoms with E-state index in [0.29, 0.717) is 38.9 Å². The minimum Gasteiger partial charge on any atom is -0.378 e. The normalized spacial score (nSPS) is 11.3. The molecule has 0 aliphatic heterocycles. The van der Waals surface area contributed by atoms with Crippen LogP contribution in [0.25, 0.3) is 16.9 Å². The smallest absolute Gasteiger partial charge is 0.332 e. The molecular weight excluding hydrogens is 488 g/mol.